The number of anilines is 1. The lowest BCUT2D eigenvalue weighted by Crippen LogP contribution is -2.35. The van der Waals surface area contributed by atoms with E-state index in [9.17, 15) is 26.7 Å². The summed E-state index contributed by atoms with van der Waals surface area (Å²) in [6.07, 6.45) is -5.15. The Kier molecular flexibility index (Phi) is 6.63. The first kappa shape index (κ1) is 23.4. The number of rotatable bonds is 5. The van der Waals surface area contributed by atoms with E-state index in [1.54, 1.807) is 0 Å². The zero-order chi connectivity index (χ0) is 23.5. The normalized spacial score (nSPS) is 21.4. The van der Waals surface area contributed by atoms with Crippen LogP contribution in [-0.4, -0.2) is 48.9 Å². The predicted octanol–water partition coefficient (Wildman–Crippen LogP) is 3.35. The second-order valence-electron chi connectivity index (χ2n) is 7.14. The van der Waals surface area contributed by atoms with Crippen LogP contribution in [0.5, 0.6) is 5.75 Å². The maximum atomic E-state index is 14.8. The number of nitrogens with one attached hydrogen (secondary N) is 1. The molecule has 1 aromatic carbocycles. The summed E-state index contributed by atoms with van der Waals surface area (Å²) in [5, 5.41) is 2.40. The Morgan fingerprint density at radius 2 is 2.12 bits per heavy atom. The number of carbonyl (C=O) groups is 1. The summed E-state index contributed by atoms with van der Waals surface area (Å²) in [4.78, 5) is 20.4. The standard InChI is InChI=1S/C20H19F5N4O3/c1-19(15(22)8-31-9-16(26)29-19)12-7-11(4-5-13(12)21)28-18(30)17-14(3-2-6-27-17)32-10-20(23,24)25/h2-7,15H,8-10H2,1H3,(H2,26,29)(H,28,30)/t15-,19+/m0/s1. The highest BCUT2D eigenvalue weighted by molar-refractivity contribution is 6.04. The molecule has 1 amide bonds. The third kappa shape index (κ3) is 5.31. The van der Waals surface area contributed by atoms with Gasteiger partial charge < -0.3 is 20.5 Å². The smallest absolute Gasteiger partial charge is 0.422 e. The van der Waals surface area contributed by atoms with E-state index in [-0.39, 0.29) is 30.3 Å². The number of carbonyl (C=O) groups excluding carboxylic acids is 1. The Bertz CT molecular complexity index is 1030. The zero-order valence-corrected chi connectivity index (χ0v) is 16.7. The van der Waals surface area contributed by atoms with E-state index in [0.717, 1.165) is 12.1 Å². The van der Waals surface area contributed by atoms with Crippen LogP contribution in [0.25, 0.3) is 0 Å². The summed E-state index contributed by atoms with van der Waals surface area (Å²) in [6.45, 7) is -0.762. The topological polar surface area (TPSA) is 98.8 Å². The number of pyridine rings is 1. The van der Waals surface area contributed by atoms with Crippen LogP contribution < -0.4 is 15.8 Å². The molecule has 1 aliphatic heterocycles. The van der Waals surface area contributed by atoms with E-state index >= 15 is 0 Å². The molecule has 0 bridgehead atoms. The van der Waals surface area contributed by atoms with Crippen molar-refractivity contribution < 1.29 is 36.2 Å². The maximum Gasteiger partial charge on any atom is 0.422 e. The van der Waals surface area contributed by atoms with Crippen LogP contribution in [0.4, 0.5) is 27.6 Å². The van der Waals surface area contributed by atoms with Gasteiger partial charge in [-0.05, 0) is 37.3 Å². The third-order valence-electron chi connectivity index (χ3n) is 4.65. The van der Waals surface area contributed by atoms with Gasteiger partial charge in [0, 0.05) is 17.4 Å². The molecule has 0 spiro atoms. The van der Waals surface area contributed by atoms with Crippen LogP contribution in [0.3, 0.4) is 0 Å². The molecule has 1 aromatic heterocycles. The van der Waals surface area contributed by atoms with Gasteiger partial charge in [0.15, 0.2) is 24.2 Å². The lowest BCUT2D eigenvalue weighted by molar-refractivity contribution is -0.153. The monoisotopic (exact) mass is 458 g/mol. The minimum absolute atomic E-state index is 0.0265. The molecule has 1 aliphatic rings. The Labute approximate surface area is 179 Å². The lowest BCUT2D eigenvalue weighted by atomic mass is 9.87. The van der Waals surface area contributed by atoms with Gasteiger partial charge in [-0.25, -0.2) is 13.8 Å². The second-order valence-corrected chi connectivity index (χ2v) is 7.14. The number of ether oxygens (including phenoxy) is 2. The number of hydrogen-bond donors (Lipinski definition) is 2. The summed E-state index contributed by atoms with van der Waals surface area (Å²) < 4.78 is 76.5. The minimum atomic E-state index is -4.61. The molecule has 172 valence electrons. The van der Waals surface area contributed by atoms with E-state index < -0.39 is 47.7 Å². The fraction of sp³-hybridized carbons (Fsp3) is 0.350. The van der Waals surface area contributed by atoms with Gasteiger partial charge in [-0.3, -0.25) is 9.79 Å². The second kappa shape index (κ2) is 9.07. The molecule has 2 aromatic rings. The zero-order valence-electron chi connectivity index (χ0n) is 16.7. The van der Waals surface area contributed by atoms with Gasteiger partial charge in [0.1, 0.15) is 23.8 Å². The number of amides is 1. The van der Waals surface area contributed by atoms with E-state index in [1.807, 2.05) is 0 Å². The Morgan fingerprint density at radius 1 is 1.38 bits per heavy atom. The highest BCUT2D eigenvalue weighted by atomic mass is 19.4. The van der Waals surface area contributed by atoms with Gasteiger partial charge in [-0.1, -0.05) is 0 Å². The van der Waals surface area contributed by atoms with Crippen molar-refractivity contribution in [3.63, 3.8) is 0 Å². The first-order valence-corrected chi connectivity index (χ1v) is 9.31. The largest absolute Gasteiger partial charge is 0.482 e. The molecule has 0 saturated carbocycles. The fourth-order valence-electron chi connectivity index (χ4n) is 3.08. The molecule has 7 nitrogen and oxygen atoms in total. The number of nitrogens with two attached hydrogens (primary N) is 1. The number of benzene rings is 1. The molecule has 3 N–H and O–H groups in total. The molecule has 0 radical (unpaired) electrons. The van der Waals surface area contributed by atoms with Crippen molar-refractivity contribution in [3.8, 4) is 5.75 Å². The Morgan fingerprint density at radius 3 is 2.84 bits per heavy atom. The molecule has 0 fully saturated rings. The van der Waals surface area contributed by atoms with Crippen LogP contribution in [-0.2, 0) is 10.3 Å². The number of amidine groups is 1. The van der Waals surface area contributed by atoms with Crippen LogP contribution in [0.15, 0.2) is 41.5 Å². The maximum absolute atomic E-state index is 14.8. The first-order chi connectivity index (χ1) is 15.0. The van der Waals surface area contributed by atoms with Gasteiger partial charge in [-0.15, -0.1) is 0 Å². The van der Waals surface area contributed by atoms with Crippen molar-refractivity contribution in [2.45, 2.75) is 24.8 Å². The predicted molar refractivity (Wildman–Crippen MR) is 105 cm³/mol. The van der Waals surface area contributed by atoms with Crippen molar-refractivity contribution >= 4 is 17.4 Å². The molecular weight excluding hydrogens is 439 g/mol. The molecule has 0 aliphatic carbocycles. The Balaban J connectivity index is 1.89. The third-order valence-corrected chi connectivity index (χ3v) is 4.65. The van der Waals surface area contributed by atoms with Crippen molar-refractivity contribution in [2.24, 2.45) is 10.7 Å². The molecular formula is C20H19F5N4O3. The van der Waals surface area contributed by atoms with Gasteiger partial charge >= 0.3 is 6.18 Å². The number of aromatic nitrogens is 1. The van der Waals surface area contributed by atoms with Gasteiger partial charge in [0.05, 0.1) is 6.61 Å². The Hall–Kier alpha value is -3.28. The highest BCUT2D eigenvalue weighted by Crippen LogP contribution is 2.36. The molecule has 3 rings (SSSR count). The van der Waals surface area contributed by atoms with E-state index in [2.05, 4.69) is 20.0 Å². The number of halogens is 5. The van der Waals surface area contributed by atoms with Crippen molar-refractivity contribution in [1.29, 1.82) is 0 Å². The van der Waals surface area contributed by atoms with E-state index in [1.165, 1.54) is 31.3 Å². The summed E-state index contributed by atoms with van der Waals surface area (Å²) in [6, 6.07) is 5.83. The SMILES string of the molecule is C[C@]1(c2cc(NC(=O)c3ncccc3OCC(F)(F)F)ccc2F)N=C(N)COC[C@@H]1F. The number of alkyl halides is 4. The van der Waals surface area contributed by atoms with Crippen LogP contribution in [0, 0.1) is 5.82 Å². The first-order valence-electron chi connectivity index (χ1n) is 9.31. The van der Waals surface area contributed by atoms with Gasteiger partial charge in [0.2, 0.25) is 0 Å². The van der Waals surface area contributed by atoms with Crippen LogP contribution in [0.2, 0.25) is 0 Å². The van der Waals surface area contributed by atoms with Crippen LogP contribution >= 0.6 is 0 Å². The molecule has 2 atom stereocenters. The number of nitrogens with zero attached hydrogens (tertiary/aromatic N) is 2. The molecule has 0 unspecified atom stereocenters. The minimum Gasteiger partial charge on any atom is -0.482 e. The van der Waals surface area contributed by atoms with Gasteiger partial charge in [0.25, 0.3) is 5.91 Å². The average Bonchev–Trinajstić information content (AvgIpc) is 2.85. The molecule has 12 heteroatoms. The lowest BCUT2D eigenvalue weighted by Gasteiger charge is -2.28. The van der Waals surface area contributed by atoms with Crippen molar-refractivity contribution in [3.05, 3.63) is 53.6 Å². The summed E-state index contributed by atoms with van der Waals surface area (Å²) in [5.74, 6) is -2.12. The molecule has 0 saturated heterocycles. The van der Waals surface area contributed by atoms with Crippen LogP contribution in [0.1, 0.15) is 23.0 Å². The van der Waals surface area contributed by atoms with E-state index in [4.69, 9.17) is 10.5 Å². The van der Waals surface area contributed by atoms with Crippen molar-refractivity contribution in [2.75, 3.05) is 25.1 Å². The highest BCUT2D eigenvalue weighted by Gasteiger charge is 2.40. The summed E-state index contributed by atoms with van der Waals surface area (Å²) in [7, 11) is 0. The average molecular weight is 458 g/mol. The van der Waals surface area contributed by atoms with E-state index in [0.29, 0.717) is 0 Å². The summed E-state index contributed by atoms with van der Waals surface area (Å²) >= 11 is 0. The number of hydrogen-bond acceptors (Lipinski definition) is 6. The van der Waals surface area contributed by atoms with Crippen molar-refractivity contribution in [1.82, 2.24) is 4.98 Å². The fourth-order valence-corrected chi connectivity index (χ4v) is 3.08. The molecule has 2 heterocycles. The van der Waals surface area contributed by atoms with Gasteiger partial charge in [-0.2, -0.15) is 13.2 Å². The molecule has 32 heavy (non-hydrogen) atoms. The number of aliphatic imine (C=N–C) groups is 1. The summed E-state index contributed by atoms with van der Waals surface area (Å²) in [5.41, 5.74) is 3.40. The quantitative estimate of drug-likeness (QED) is 0.670.